The predicted octanol–water partition coefficient (Wildman–Crippen LogP) is 3.52. The lowest BCUT2D eigenvalue weighted by Gasteiger charge is -2.11. The number of aromatic nitrogens is 3. The molecule has 2 amide bonds. The molecule has 4 rings (SSSR count). The van der Waals surface area contributed by atoms with Gasteiger partial charge in [-0.1, -0.05) is 54.2 Å². The van der Waals surface area contributed by atoms with Crippen molar-refractivity contribution >= 4 is 39.5 Å². The number of hydrogen-bond acceptors (Lipinski definition) is 5. The van der Waals surface area contributed by atoms with Crippen LogP contribution in [0.25, 0.3) is 0 Å². The highest BCUT2D eigenvalue weighted by Gasteiger charge is 2.30. The normalized spacial score (nSPS) is 13.1. The fourth-order valence-corrected chi connectivity index (χ4v) is 4.18. The lowest BCUT2D eigenvalue weighted by molar-refractivity contribution is -0.119. The average Bonchev–Trinajstić information content (AvgIpc) is 3.53. The van der Waals surface area contributed by atoms with Crippen LogP contribution in [0.5, 0.6) is 0 Å². The Hall–Kier alpha value is -2.65. The van der Waals surface area contributed by atoms with E-state index in [0.29, 0.717) is 27.7 Å². The molecule has 1 aromatic heterocycles. The second kappa shape index (κ2) is 9.44. The van der Waals surface area contributed by atoms with E-state index in [1.807, 2.05) is 24.3 Å². The highest BCUT2D eigenvalue weighted by molar-refractivity contribution is 9.10. The molecular weight excluding hydrogens is 466 g/mol. The van der Waals surface area contributed by atoms with Crippen LogP contribution in [0.3, 0.4) is 0 Å². The van der Waals surface area contributed by atoms with E-state index in [9.17, 15) is 9.59 Å². The molecule has 0 radical (unpaired) electrons. The van der Waals surface area contributed by atoms with Crippen molar-refractivity contribution in [1.29, 1.82) is 0 Å². The molecule has 154 valence electrons. The number of nitrogens with one attached hydrogen (secondary N) is 2. The molecule has 7 nitrogen and oxygen atoms in total. The van der Waals surface area contributed by atoms with Crippen LogP contribution in [-0.2, 0) is 11.3 Å². The number of hydrazine groups is 1. The lowest BCUT2D eigenvalue weighted by atomic mass is 10.2. The molecule has 2 aromatic carbocycles. The summed E-state index contributed by atoms with van der Waals surface area (Å²) in [5.74, 6) is 0.845. The smallest absolute Gasteiger partial charge is 0.270 e. The molecule has 3 aromatic rings. The Morgan fingerprint density at radius 1 is 1.03 bits per heavy atom. The molecule has 0 unspecified atom stereocenters. The average molecular weight is 486 g/mol. The predicted molar refractivity (Wildman–Crippen MR) is 118 cm³/mol. The monoisotopic (exact) mass is 485 g/mol. The Morgan fingerprint density at radius 3 is 2.50 bits per heavy atom. The van der Waals surface area contributed by atoms with E-state index < -0.39 is 0 Å². The van der Waals surface area contributed by atoms with E-state index in [-0.39, 0.29) is 17.6 Å². The van der Waals surface area contributed by atoms with Gasteiger partial charge in [0.15, 0.2) is 5.16 Å². The first-order chi connectivity index (χ1) is 14.6. The topological polar surface area (TPSA) is 88.9 Å². The first-order valence-electron chi connectivity index (χ1n) is 9.55. The Balaban J connectivity index is 1.36. The van der Waals surface area contributed by atoms with Crippen molar-refractivity contribution in [2.45, 2.75) is 30.5 Å². The van der Waals surface area contributed by atoms with Crippen molar-refractivity contribution in [3.8, 4) is 0 Å². The zero-order valence-electron chi connectivity index (χ0n) is 16.0. The number of thioether (sulfide) groups is 1. The number of nitrogens with zero attached hydrogens (tertiary/aromatic N) is 3. The van der Waals surface area contributed by atoms with E-state index in [4.69, 9.17) is 0 Å². The summed E-state index contributed by atoms with van der Waals surface area (Å²) in [5, 5.41) is 9.37. The number of carbonyl (C=O) groups excluding carboxylic acids is 2. The fourth-order valence-electron chi connectivity index (χ4n) is 2.97. The van der Waals surface area contributed by atoms with Crippen molar-refractivity contribution in [3.63, 3.8) is 0 Å². The minimum absolute atomic E-state index is 0.119. The number of hydrogen-bond donors (Lipinski definition) is 2. The van der Waals surface area contributed by atoms with Crippen molar-refractivity contribution in [2.75, 3.05) is 5.75 Å². The number of rotatable bonds is 7. The van der Waals surface area contributed by atoms with Gasteiger partial charge < -0.3 is 4.57 Å². The molecule has 0 spiro atoms. The molecule has 0 atom stereocenters. The molecule has 0 bridgehead atoms. The van der Waals surface area contributed by atoms with Crippen LogP contribution in [-0.4, -0.2) is 32.3 Å². The maximum absolute atomic E-state index is 12.2. The first kappa shape index (κ1) is 20.6. The lowest BCUT2D eigenvalue weighted by Crippen LogP contribution is -2.42. The SMILES string of the molecule is O=C(CSc1nnc(C2CC2)n1Cc1ccccc1)NNC(=O)c1ccccc1Br. The first-order valence-corrected chi connectivity index (χ1v) is 11.3. The summed E-state index contributed by atoms with van der Waals surface area (Å²) >= 11 is 4.63. The van der Waals surface area contributed by atoms with E-state index in [2.05, 4.69) is 53.7 Å². The minimum atomic E-state index is -0.385. The van der Waals surface area contributed by atoms with Crippen LogP contribution < -0.4 is 10.9 Å². The second-order valence-electron chi connectivity index (χ2n) is 6.96. The van der Waals surface area contributed by atoms with Crippen LogP contribution in [0.2, 0.25) is 0 Å². The molecule has 30 heavy (non-hydrogen) atoms. The van der Waals surface area contributed by atoms with E-state index in [1.54, 1.807) is 18.2 Å². The van der Waals surface area contributed by atoms with Crippen molar-refractivity contribution in [1.82, 2.24) is 25.6 Å². The third-order valence-electron chi connectivity index (χ3n) is 4.64. The van der Waals surface area contributed by atoms with E-state index in [0.717, 1.165) is 24.2 Å². The number of halogens is 1. The summed E-state index contributed by atoms with van der Waals surface area (Å²) in [6.07, 6.45) is 2.25. The molecule has 1 heterocycles. The summed E-state index contributed by atoms with van der Waals surface area (Å²) in [6.45, 7) is 0.669. The van der Waals surface area contributed by atoms with Crippen LogP contribution in [0, 0.1) is 0 Å². The Bertz CT molecular complexity index is 1050. The van der Waals surface area contributed by atoms with Crippen molar-refractivity contribution in [2.24, 2.45) is 0 Å². The van der Waals surface area contributed by atoms with Crippen molar-refractivity contribution in [3.05, 3.63) is 76.0 Å². The molecule has 1 aliphatic rings. The summed E-state index contributed by atoms with van der Waals surface area (Å²) < 4.78 is 2.75. The molecule has 1 aliphatic carbocycles. The molecule has 0 aliphatic heterocycles. The van der Waals surface area contributed by atoms with Crippen molar-refractivity contribution < 1.29 is 9.59 Å². The van der Waals surface area contributed by atoms with Crippen LogP contribution in [0.1, 0.15) is 40.5 Å². The van der Waals surface area contributed by atoms with Gasteiger partial charge in [0.25, 0.3) is 5.91 Å². The molecule has 9 heteroatoms. The molecule has 0 saturated heterocycles. The highest BCUT2D eigenvalue weighted by atomic mass is 79.9. The van der Waals surface area contributed by atoms with Crippen LogP contribution in [0.4, 0.5) is 0 Å². The summed E-state index contributed by atoms with van der Waals surface area (Å²) in [5.41, 5.74) is 6.50. The quantitative estimate of drug-likeness (QED) is 0.394. The number of amides is 2. The molecule has 1 saturated carbocycles. The van der Waals surface area contributed by atoms with Gasteiger partial charge in [-0.3, -0.25) is 20.4 Å². The zero-order chi connectivity index (χ0) is 20.9. The molecule has 2 N–H and O–H groups in total. The fraction of sp³-hybridized carbons (Fsp3) is 0.238. The van der Waals surface area contributed by atoms with Gasteiger partial charge in [0.2, 0.25) is 5.91 Å². The Morgan fingerprint density at radius 2 is 1.77 bits per heavy atom. The highest BCUT2D eigenvalue weighted by Crippen LogP contribution is 2.40. The van der Waals surface area contributed by atoms with E-state index >= 15 is 0 Å². The summed E-state index contributed by atoms with van der Waals surface area (Å²) in [7, 11) is 0. The number of carbonyl (C=O) groups is 2. The maximum Gasteiger partial charge on any atom is 0.270 e. The van der Waals surface area contributed by atoms with E-state index in [1.165, 1.54) is 11.8 Å². The number of benzene rings is 2. The standard InChI is InChI=1S/C21H20BrN5O2S/c22-17-9-5-4-8-16(17)20(29)25-23-18(28)13-30-21-26-24-19(15-10-11-15)27(21)12-14-6-2-1-3-7-14/h1-9,15H,10-13H2,(H,23,28)(H,25,29). The van der Waals surface area contributed by atoms with Crippen LogP contribution >= 0.6 is 27.7 Å². The summed E-state index contributed by atoms with van der Waals surface area (Å²) in [4.78, 5) is 24.4. The molecule has 1 fully saturated rings. The van der Waals surface area contributed by atoms with Gasteiger partial charge in [0, 0.05) is 10.4 Å². The molecular formula is C21H20BrN5O2S. The van der Waals surface area contributed by atoms with Gasteiger partial charge in [0.05, 0.1) is 17.9 Å². The van der Waals surface area contributed by atoms with Crippen LogP contribution in [0.15, 0.2) is 64.2 Å². The second-order valence-corrected chi connectivity index (χ2v) is 8.75. The largest absolute Gasteiger partial charge is 0.301 e. The Labute approximate surface area is 186 Å². The maximum atomic E-state index is 12.2. The van der Waals surface area contributed by atoms with Gasteiger partial charge in [-0.05, 0) is 46.5 Å². The van der Waals surface area contributed by atoms with Gasteiger partial charge in [-0.2, -0.15) is 0 Å². The van der Waals surface area contributed by atoms with Gasteiger partial charge in [-0.15, -0.1) is 10.2 Å². The minimum Gasteiger partial charge on any atom is -0.301 e. The summed E-state index contributed by atoms with van der Waals surface area (Å²) in [6, 6.07) is 17.1. The van der Waals surface area contributed by atoms with Gasteiger partial charge in [0.1, 0.15) is 5.82 Å². The third-order valence-corrected chi connectivity index (χ3v) is 6.30. The zero-order valence-corrected chi connectivity index (χ0v) is 18.4. The Kier molecular flexibility index (Phi) is 6.49. The van der Waals surface area contributed by atoms with Gasteiger partial charge >= 0.3 is 0 Å². The van der Waals surface area contributed by atoms with Gasteiger partial charge in [-0.25, -0.2) is 0 Å². The third kappa shape index (κ3) is 5.09.